The zero-order valence-electron chi connectivity index (χ0n) is 19.1. The Morgan fingerprint density at radius 3 is 2.69 bits per heavy atom. The molecule has 0 bridgehead atoms. The van der Waals surface area contributed by atoms with Crippen LogP contribution >= 0.6 is 0 Å². The fourth-order valence-electron chi connectivity index (χ4n) is 3.13. The van der Waals surface area contributed by atoms with E-state index in [1.54, 1.807) is 55.9 Å². The van der Waals surface area contributed by atoms with Gasteiger partial charge in [-0.3, -0.25) is 4.79 Å². The lowest BCUT2D eigenvalue weighted by Crippen LogP contribution is -2.19. The summed E-state index contributed by atoms with van der Waals surface area (Å²) in [6.07, 6.45) is 2.99. The average Bonchev–Trinajstić information content (AvgIpc) is 3.21. The van der Waals surface area contributed by atoms with Crippen LogP contribution in [0.15, 0.2) is 53.6 Å². The van der Waals surface area contributed by atoms with Crippen LogP contribution in [0, 0.1) is 16.7 Å². The molecule has 4 aromatic rings. The number of nitrogens with one attached hydrogen (secondary N) is 1. The third-order valence-corrected chi connectivity index (χ3v) is 4.93. The number of pyridine rings is 2. The average molecular weight is 481 g/mol. The van der Waals surface area contributed by atoms with Gasteiger partial charge in [0, 0.05) is 37.0 Å². The molecule has 1 N–H and O–H groups in total. The highest BCUT2D eigenvalue weighted by atomic mass is 19.3. The van der Waals surface area contributed by atoms with E-state index in [-0.39, 0.29) is 18.0 Å². The van der Waals surface area contributed by atoms with Gasteiger partial charge in [0.1, 0.15) is 12.4 Å². The van der Waals surface area contributed by atoms with E-state index in [2.05, 4.69) is 31.3 Å². The van der Waals surface area contributed by atoms with Gasteiger partial charge in [0.2, 0.25) is 5.88 Å². The quantitative estimate of drug-likeness (QED) is 0.404. The van der Waals surface area contributed by atoms with Crippen LogP contribution in [0.2, 0.25) is 0 Å². The van der Waals surface area contributed by atoms with Crippen LogP contribution in [0.3, 0.4) is 0 Å². The van der Waals surface area contributed by atoms with Gasteiger partial charge in [-0.2, -0.15) is 24.2 Å². The van der Waals surface area contributed by atoms with Crippen molar-refractivity contribution in [2.24, 2.45) is 12.5 Å². The lowest BCUT2D eigenvalue weighted by Gasteiger charge is -2.18. The largest absolute Gasteiger partial charge is 0.490 e. The van der Waals surface area contributed by atoms with Gasteiger partial charge in [-0.05, 0) is 37.6 Å². The molecule has 0 aliphatic carbocycles. The molecule has 0 unspecified atom stereocenters. The minimum absolute atomic E-state index is 0.0722. The molecule has 0 spiro atoms. The summed E-state index contributed by atoms with van der Waals surface area (Å²) >= 11 is 0. The Kier molecular flexibility index (Phi) is 6.33. The van der Waals surface area contributed by atoms with Crippen molar-refractivity contribution in [3.8, 4) is 28.8 Å². The van der Waals surface area contributed by atoms with Gasteiger partial charge in [-0.1, -0.05) is 0 Å². The van der Waals surface area contributed by atoms with Crippen LogP contribution < -0.4 is 20.3 Å². The first kappa shape index (κ1) is 23.6. The molecule has 35 heavy (non-hydrogen) atoms. The van der Waals surface area contributed by atoms with Crippen molar-refractivity contribution in [2.75, 3.05) is 11.9 Å². The predicted molar refractivity (Wildman–Crippen MR) is 123 cm³/mol. The maximum Gasteiger partial charge on any atom is 0.388 e. The zero-order chi connectivity index (χ0) is 25.2. The minimum Gasteiger partial charge on any atom is -0.490 e. The second-order valence-electron chi connectivity index (χ2n) is 8.30. The van der Waals surface area contributed by atoms with E-state index in [0.717, 1.165) is 0 Å². The van der Waals surface area contributed by atoms with Gasteiger partial charge in [0.15, 0.2) is 11.6 Å². The topological polar surface area (TPSA) is 119 Å². The van der Waals surface area contributed by atoms with Crippen LogP contribution in [0.5, 0.6) is 11.6 Å². The first-order valence-corrected chi connectivity index (χ1v) is 10.4. The van der Waals surface area contributed by atoms with Crippen molar-refractivity contribution in [3.63, 3.8) is 0 Å². The van der Waals surface area contributed by atoms with Crippen molar-refractivity contribution >= 4 is 17.2 Å². The third kappa shape index (κ3) is 5.52. The summed E-state index contributed by atoms with van der Waals surface area (Å²) in [6, 6.07) is 11.7. The normalized spacial score (nSPS) is 11.5. The molecular weight excluding hydrogens is 460 g/mol. The first-order valence-electron chi connectivity index (χ1n) is 10.4. The van der Waals surface area contributed by atoms with E-state index in [4.69, 9.17) is 4.74 Å². The number of rotatable bonds is 8. The molecule has 0 aliphatic heterocycles. The van der Waals surface area contributed by atoms with E-state index in [0.29, 0.717) is 34.0 Å². The SMILES string of the molecule is Cn1nc(Nc2cc3cc(-c4cc(OC(F)F)ncc4OCC(C)(C)C#N)ccn3n2)ccc1=O. The van der Waals surface area contributed by atoms with E-state index in [1.165, 1.54) is 23.0 Å². The molecule has 10 nitrogen and oxygen atoms in total. The molecule has 0 radical (unpaired) electrons. The van der Waals surface area contributed by atoms with Gasteiger partial charge < -0.3 is 14.8 Å². The standard InChI is InChI=1S/C23H21F2N7O3/c1-23(2,12-26)13-34-17-11-27-20(35-22(24)25)10-16(17)14-6-7-32-15(8-14)9-19(30-32)28-18-4-5-21(33)31(3)29-18/h4-11,22H,13H2,1-3H3,(H,28,29,30). The number of aromatic nitrogens is 5. The highest BCUT2D eigenvalue weighted by molar-refractivity contribution is 5.75. The Morgan fingerprint density at radius 1 is 1.17 bits per heavy atom. The molecule has 0 aliphatic rings. The van der Waals surface area contributed by atoms with Crippen LogP contribution in [0.1, 0.15) is 13.8 Å². The molecule has 12 heteroatoms. The van der Waals surface area contributed by atoms with Gasteiger partial charge >= 0.3 is 6.61 Å². The lowest BCUT2D eigenvalue weighted by atomic mass is 9.97. The summed E-state index contributed by atoms with van der Waals surface area (Å²) in [5.41, 5.74) is 0.781. The van der Waals surface area contributed by atoms with Crippen LogP contribution in [0.4, 0.5) is 20.4 Å². The molecule has 4 heterocycles. The van der Waals surface area contributed by atoms with E-state index in [1.807, 2.05) is 0 Å². The van der Waals surface area contributed by atoms with E-state index in [9.17, 15) is 18.8 Å². The molecule has 0 aromatic carbocycles. The fraction of sp³-hybridized carbons (Fsp3) is 0.261. The Labute approximate surface area is 198 Å². The summed E-state index contributed by atoms with van der Waals surface area (Å²) < 4.78 is 38.6. The van der Waals surface area contributed by atoms with Gasteiger partial charge in [0.05, 0.1) is 23.2 Å². The Hall–Kier alpha value is -4.53. The second-order valence-corrected chi connectivity index (χ2v) is 8.30. The Morgan fingerprint density at radius 2 is 1.97 bits per heavy atom. The molecule has 0 fully saturated rings. The highest BCUT2D eigenvalue weighted by Gasteiger charge is 2.20. The predicted octanol–water partition coefficient (Wildman–Crippen LogP) is 3.76. The van der Waals surface area contributed by atoms with Crippen LogP contribution in [-0.4, -0.2) is 37.6 Å². The maximum absolute atomic E-state index is 12.8. The smallest absolute Gasteiger partial charge is 0.388 e. The molecular formula is C23H21F2N7O3. The minimum atomic E-state index is -3.03. The number of ether oxygens (including phenoxy) is 2. The van der Waals surface area contributed by atoms with Crippen LogP contribution in [0.25, 0.3) is 16.6 Å². The van der Waals surface area contributed by atoms with Crippen molar-refractivity contribution in [1.82, 2.24) is 24.4 Å². The van der Waals surface area contributed by atoms with E-state index >= 15 is 0 Å². The summed E-state index contributed by atoms with van der Waals surface area (Å²) in [7, 11) is 1.54. The fourth-order valence-corrected chi connectivity index (χ4v) is 3.13. The van der Waals surface area contributed by atoms with Crippen molar-refractivity contribution in [3.05, 3.63) is 59.1 Å². The number of hydrogen-bond acceptors (Lipinski definition) is 8. The number of hydrogen-bond donors (Lipinski definition) is 1. The number of nitrogens with zero attached hydrogens (tertiary/aromatic N) is 6. The number of anilines is 2. The van der Waals surface area contributed by atoms with E-state index < -0.39 is 12.0 Å². The summed E-state index contributed by atoms with van der Waals surface area (Å²) in [5.74, 6) is 0.969. The Balaban J connectivity index is 1.68. The molecule has 0 saturated heterocycles. The monoisotopic (exact) mass is 481 g/mol. The maximum atomic E-state index is 12.8. The summed E-state index contributed by atoms with van der Waals surface area (Å²) in [5, 5.41) is 20.9. The van der Waals surface area contributed by atoms with Gasteiger partial charge in [-0.15, -0.1) is 0 Å². The molecule has 0 atom stereocenters. The second kappa shape index (κ2) is 9.38. The summed E-state index contributed by atoms with van der Waals surface area (Å²) in [4.78, 5) is 15.4. The third-order valence-electron chi connectivity index (χ3n) is 4.93. The first-order chi connectivity index (χ1) is 16.6. The van der Waals surface area contributed by atoms with Gasteiger partial charge in [-0.25, -0.2) is 14.2 Å². The van der Waals surface area contributed by atoms with Crippen molar-refractivity contribution in [1.29, 1.82) is 5.26 Å². The van der Waals surface area contributed by atoms with Crippen molar-refractivity contribution in [2.45, 2.75) is 20.5 Å². The highest BCUT2D eigenvalue weighted by Crippen LogP contribution is 2.34. The zero-order valence-corrected chi connectivity index (χ0v) is 19.1. The number of aryl methyl sites for hydroxylation is 1. The number of nitriles is 1. The number of alkyl halides is 2. The molecule has 0 amide bonds. The molecule has 4 rings (SSSR count). The van der Waals surface area contributed by atoms with Crippen molar-refractivity contribution < 1.29 is 18.3 Å². The summed E-state index contributed by atoms with van der Waals surface area (Å²) in [6.45, 7) is 0.487. The van der Waals surface area contributed by atoms with Crippen LogP contribution in [-0.2, 0) is 7.05 Å². The lowest BCUT2D eigenvalue weighted by molar-refractivity contribution is -0.0528. The Bertz CT molecular complexity index is 1470. The molecule has 4 aromatic heterocycles. The number of fused-ring (bicyclic) bond motifs is 1. The van der Waals surface area contributed by atoms with Gasteiger partial charge in [0.25, 0.3) is 5.56 Å². The molecule has 0 saturated carbocycles. The molecule has 180 valence electrons. The number of halogens is 2.